The van der Waals surface area contributed by atoms with Crippen molar-refractivity contribution in [2.75, 3.05) is 7.05 Å². The van der Waals surface area contributed by atoms with Crippen LogP contribution in [0.3, 0.4) is 0 Å². The third kappa shape index (κ3) is 2.67. The van der Waals surface area contributed by atoms with E-state index in [1.165, 1.54) is 12.8 Å². The Labute approximate surface area is 112 Å². The lowest BCUT2D eigenvalue weighted by Gasteiger charge is -2.15. The maximum Gasteiger partial charge on any atom is 0.274 e. The van der Waals surface area contributed by atoms with E-state index in [-0.39, 0.29) is 5.91 Å². The first-order chi connectivity index (χ1) is 9.24. The smallest absolute Gasteiger partial charge is 0.274 e. The van der Waals surface area contributed by atoms with Gasteiger partial charge in [-0.3, -0.25) is 9.89 Å². The van der Waals surface area contributed by atoms with Gasteiger partial charge in [-0.15, -0.1) is 0 Å². The molecule has 1 fully saturated rings. The lowest BCUT2D eigenvalue weighted by Crippen LogP contribution is -2.26. The van der Waals surface area contributed by atoms with Gasteiger partial charge in [0.2, 0.25) is 0 Å². The summed E-state index contributed by atoms with van der Waals surface area (Å²) in [6.07, 6.45) is 2.41. The number of carbonyl (C=O) groups excluding carboxylic acids is 1. The molecule has 1 amide bonds. The van der Waals surface area contributed by atoms with Gasteiger partial charge in [0, 0.05) is 25.2 Å². The Morgan fingerprint density at radius 2 is 2.11 bits per heavy atom. The standard InChI is InChI=1S/C15H17N3O/c1-18(10-11-5-3-2-4-6-11)15(19)14-9-13(16-17-14)12-7-8-12/h2-6,9,12H,7-8,10H2,1H3,(H,16,17). The maximum absolute atomic E-state index is 12.2. The third-order valence-corrected chi connectivity index (χ3v) is 3.44. The van der Waals surface area contributed by atoms with Crippen LogP contribution in [0.1, 0.15) is 40.5 Å². The van der Waals surface area contributed by atoms with Crippen LogP contribution >= 0.6 is 0 Å². The van der Waals surface area contributed by atoms with E-state index in [4.69, 9.17) is 0 Å². The first kappa shape index (κ1) is 12.0. The van der Waals surface area contributed by atoms with Gasteiger partial charge in [-0.1, -0.05) is 30.3 Å². The molecule has 0 saturated heterocycles. The molecule has 0 spiro atoms. The summed E-state index contributed by atoms with van der Waals surface area (Å²) in [5.41, 5.74) is 2.73. The van der Waals surface area contributed by atoms with Crippen molar-refractivity contribution in [3.05, 3.63) is 53.3 Å². The van der Waals surface area contributed by atoms with E-state index in [2.05, 4.69) is 10.2 Å². The number of aromatic amines is 1. The number of carbonyl (C=O) groups is 1. The minimum absolute atomic E-state index is 0.0352. The molecular formula is C15H17N3O. The zero-order chi connectivity index (χ0) is 13.2. The zero-order valence-corrected chi connectivity index (χ0v) is 11.0. The molecule has 3 rings (SSSR count). The van der Waals surface area contributed by atoms with E-state index in [0.717, 1.165) is 11.3 Å². The molecule has 1 N–H and O–H groups in total. The Kier molecular flexibility index (Phi) is 3.07. The van der Waals surface area contributed by atoms with Crippen LogP contribution in [0.15, 0.2) is 36.4 Å². The summed E-state index contributed by atoms with van der Waals surface area (Å²) in [4.78, 5) is 13.9. The van der Waals surface area contributed by atoms with Crippen molar-refractivity contribution in [3.8, 4) is 0 Å². The summed E-state index contributed by atoms with van der Waals surface area (Å²) in [7, 11) is 1.81. The fourth-order valence-corrected chi connectivity index (χ4v) is 2.17. The van der Waals surface area contributed by atoms with Gasteiger partial charge in [-0.05, 0) is 24.5 Å². The van der Waals surface area contributed by atoms with Gasteiger partial charge in [-0.25, -0.2) is 0 Å². The molecule has 2 aromatic rings. The normalized spacial score (nSPS) is 14.4. The molecule has 98 valence electrons. The average Bonchev–Trinajstić information content (AvgIpc) is 3.17. The van der Waals surface area contributed by atoms with Crippen LogP contribution in [0, 0.1) is 0 Å². The molecule has 0 radical (unpaired) electrons. The predicted octanol–water partition coefficient (Wildman–Crippen LogP) is 2.56. The largest absolute Gasteiger partial charge is 0.336 e. The molecule has 1 aromatic heterocycles. The van der Waals surface area contributed by atoms with Crippen LogP contribution in [0.2, 0.25) is 0 Å². The average molecular weight is 255 g/mol. The van der Waals surface area contributed by atoms with Crippen molar-refractivity contribution < 1.29 is 4.79 Å². The van der Waals surface area contributed by atoms with E-state index in [9.17, 15) is 4.79 Å². The number of H-pyrrole nitrogens is 1. The van der Waals surface area contributed by atoms with Crippen molar-refractivity contribution in [1.29, 1.82) is 0 Å². The van der Waals surface area contributed by atoms with Crippen molar-refractivity contribution in [1.82, 2.24) is 15.1 Å². The topological polar surface area (TPSA) is 49.0 Å². The number of benzene rings is 1. The summed E-state index contributed by atoms with van der Waals surface area (Å²) in [6.45, 7) is 0.602. The second-order valence-electron chi connectivity index (χ2n) is 5.13. The van der Waals surface area contributed by atoms with Crippen LogP contribution in [0.4, 0.5) is 0 Å². The van der Waals surface area contributed by atoms with Gasteiger partial charge < -0.3 is 4.90 Å². The first-order valence-corrected chi connectivity index (χ1v) is 6.59. The molecular weight excluding hydrogens is 238 g/mol. The van der Waals surface area contributed by atoms with Gasteiger partial charge in [-0.2, -0.15) is 5.10 Å². The molecule has 0 atom stereocenters. The molecule has 0 aliphatic heterocycles. The quantitative estimate of drug-likeness (QED) is 0.912. The molecule has 19 heavy (non-hydrogen) atoms. The molecule has 1 aliphatic carbocycles. The van der Waals surface area contributed by atoms with E-state index >= 15 is 0 Å². The Balaban J connectivity index is 1.68. The van der Waals surface area contributed by atoms with Gasteiger partial charge in [0.1, 0.15) is 5.69 Å². The minimum atomic E-state index is -0.0352. The van der Waals surface area contributed by atoms with Crippen molar-refractivity contribution in [2.24, 2.45) is 0 Å². The Morgan fingerprint density at radius 3 is 2.79 bits per heavy atom. The van der Waals surface area contributed by atoms with Gasteiger partial charge in [0.25, 0.3) is 5.91 Å². The summed E-state index contributed by atoms with van der Waals surface area (Å²) >= 11 is 0. The lowest BCUT2D eigenvalue weighted by atomic mass is 10.2. The predicted molar refractivity (Wildman–Crippen MR) is 72.8 cm³/mol. The van der Waals surface area contributed by atoms with Crippen molar-refractivity contribution >= 4 is 5.91 Å². The number of rotatable bonds is 4. The molecule has 1 saturated carbocycles. The number of nitrogens with one attached hydrogen (secondary N) is 1. The summed E-state index contributed by atoms with van der Waals surface area (Å²) in [6, 6.07) is 11.9. The highest BCUT2D eigenvalue weighted by Gasteiger charge is 2.27. The summed E-state index contributed by atoms with van der Waals surface area (Å²) in [5.74, 6) is 0.556. The molecule has 0 unspecified atom stereocenters. The van der Waals surface area contributed by atoms with Gasteiger partial charge >= 0.3 is 0 Å². The molecule has 1 aromatic carbocycles. The molecule has 1 aliphatic rings. The molecule has 4 nitrogen and oxygen atoms in total. The number of amides is 1. The van der Waals surface area contributed by atoms with Crippen molar-refractivity contribution in [2.45, 2.75) is 25.3 Å². The monoisotopic (exact) mass is 255 g/mol. The number of nitrogens with zero attached hydrogens (tertiary/aromatic N) is 2. The SMILES string of the molecule is CN(Cc1ccccc1)C(=O)c1cc(C2CC2)[nH]n1. The molecule has 0 bridgehead atoms. The fraction of sp³-hybridized carbons (Fsp3) is 0.333. The van der Waals surface area contributed by atoms with Crippen LogP contribution in [-0.2, 0) is 6.54 Å². The maximum atomic E-state index is 12.2. The highest BCUT2D eigenvalue weighted by Crippen LogP contribution is 2.39. The zero-order valence-electron chi connectivity index (χ0n) is 11.0. The van der Waals surface area contributed by atoms with Crippen LogP contribution < -0.4 is 0 Å². The first-order valence-electron chi connectivity index (χ1n) is 6.59. The Hall–Kier alpha value is -2.10. The van der Waals surface area contributed by atoms with Crippen LogP contribution in [-0.4, -0.2) is 28.1 Å². The van der Waals surface area contributed by atoms with Crippen LogP contribution in [0.25, 0.3) is 0 Å². The summed E-state index contributed by atoms with van der Waals surface area (Å²) < 4.78 is 0. The Bertz CT molecular complexity index is 572. The third-order valence-electron chi connectivity index (χ3n) is 3.44. The fourth-order valence-electron chi connectivity index (χ4n) is 2.17. The molecule has 4 heteroatoms. The van der Waals surface area contributed by atoms with Gasteiger partial charge in [0.15, 0.2) is 0 Å². The van der Waals surface area contributed by atoms with E-state index in [0.29, 0.717) is 18.2 Å². The number of aromatic nitrogens is 2. The minimum Gasteiger partial charge on any atom is -0.336 e. The second kappa shape index (κ2) is 4.88. The molecule has 1 heterocycles. The van der Waals surface area contributed by atoms with E-state index in [1.54, 1.807) is 11.9 Å². The highest BCUT2D eigenvalue weighted by atomic mass is 16.2. The number of hydrogen-bond acceptors (Lipinski definition) is 2. The van der Waals surface area contributed by atoms with Crippen molar-refractivity contribution in [3.63, 3.8) is 0 Å². The lowest BCUT2D eigenvalue weighted by molar-refractivity contribution is 0.0779. The van der Waals surface area contributed by atoms with E-state index in [1.807, 2.05) is 36.4 Å². The van der Waals surface area contributed by atoms with Gasteiger partial charge in [0.05, 0.1) is 0 Å². The summed E-state index contributed by atoms with van der Waals surface area (Å²) in [5, 5.41) is 7.09. The van der Waals surface area contributed by atoms with Crippen LogP contribution in [0.5, 0.6) is 0 Å². The second-order valence-corrected chi connectivity index (χ2v) is 5.13. The number of hydrogen-bond donors (Lipinski definition) is 1. The Morgan fingerprint density at radius 1 is 1.37 bits per heavy atom. The highest BCUT2D eigenvalue weighted by molar-refractivity contribution is 5.92. The van der Waals surface area contributed by atoms with E-state index < -0.39 is 0 Å².